The number of rotatable bonds is 9. The summed E-state index contributed by atoms with van der Waals surface area (Å²) in [4.78, 5) is 12.5. The molecule has 2 N–H and O–H groups in total. The van der Waals surface area contributed by atoms with Gasteiger partial charge >= 0.3 is 0 Å². The third-order valence-electron chi connectivity index (χ3n) is 4.50. The van der Waals surface area contributed by atoms with Crippen LogP contribution in [0.5, 0.6) is 0 Å². The first-order chi connectivity index (χ1) is 14.4. The molecule has 158 valence electrons. The average molecular weight is 428 g/mol. The van der Waals surface area contributed by atoms with E-state index >= 15 is 0 Å². The molecule has 0 saturated heterocycles. The van der Waals surface area contributed by atoms with Crippen LogP contribution in [0.25, 0.3) is 5.69 Å². The quantitative estimate of drug-likeness (QED) is 0.547. The number of sulfonamides is 1. The summed E-state index contributed by atoms with van der Waals surface area (Å²) in [6, 6.07) is 17.7. The fraction of sp³-hybridized carbons (Fsp3) is 0.238. The van der Waals surface area contributed by atoms with Gasteiger partial charge in [0.1, 0.15) is 5.82 Å². The standard InChI is InChI=1S/C21H25N5O3S/c1-3-25(4-2)30(28,29)19-12-8-9-17(15-19)23-21(27)16-22-20-13-14-26(24-20)18-10-6-5-7-11-18/h5-15H,3-4,16H2,1-2H3,(H,22,24)(H,23,27). The smallest absolute Gasteiger partial charge is 0.243 e. The van der Waals surface area contributed by atoms with Gasteiger partial charge < -0.3 is 10.6 Å². The van der Waals surface area contributed by atoms with Crippen molar-refractivity contribution < 1.29 is 13.2 Å². The van der Waals surface area contributed by atoms with E-state index in [0.29, 0.717) is 24.6 Å². The van der Waals surface area contributed by atoms with E-state index in [0.717, 1.165) is 5.69 Å². The average Bonchev–Trinajstić information content (AvgIpc) is 3.23. The molecule has 0 atom stereocenters. The summed E-state index contributed by atoms with van der Waals surface area (Å²) in [6.07, 6.45) is 1.80. The van der Waals surface area contributed by atoms with Crippen molar-refractivity contribution in [1.29, 1.82) is 0 Å². The molecule has 0 aliphatic heterocycles. The number of amides is 1. The highest BCUT2D eigenvalue weighted by atomic mass is 32.2. The Labute approximate surface area is 176 Å². The van der Waals surface area contributed by atoms with Crippen LogP contribution in [-0.4, -0.2) is 48.0 Å². The fourth-order valence-electron chi connectivity index (χ4n) is 2.97. The molecule has 3 rings (SSSR count). The van der Waals surface area contributed by atoms with Crippen molar-refractivity contribution in [2.45, 2.75) is 18.7 Å². The zero-order valence-electron chi connectivity index (χ0n) is 16.9. The summed E-state index contributed by atoms with van der Waals surface area (Å²) in [6.45, 7) is 4.34. The van der Waals surface area contributed by atoms with Crippen molar-refractivity contribution in [2.24, 2.45) is 0 Å². The molecule has 0 aliphatic rings. The fourth-order valence-corrected chi connectivity index (χ4v) is 4.47. The van der Waals surface area contributed by atoms with Gasteiger partial charge in [-0.25, -0.2) is 13.1 Å². The second-order valence-corrected chi connectivity index (χ2v) is 8.44. The lowest BCUT2D eigenvalue weighted by Gasteiger charge is -2.18. The van der Waals surface area contributed by atoms with E-state index in [1.807, 2.05) is 30.3 Å². The Morgan fingerprint density at radius 3 is 2.47 bits per heavy atom. The third kappa shape index (κ3) is 5.05. The molecule has 1 heterocycles. The van der Waals surface area contributed by atoms with Crippen LogP contribution in [0.1, 0.15) is 13.8 Å². The van der Waals surface area contributed by atoms with Crippen molar-refractivity contribution in [3.8, 4) is 5.69 Å². The summed E-state index contributed by atoms with van der Waals surface area (Å²) in [5, 5.41) is 10.1. The summed E-state index contributed by atoms with van der Waals surface area (Å²) in [5.41, 5.74) is 1.34. The van der Waals surface area contributed by atoms with E-state index in [1.54, 1.807) is 42.9 Å². The number of carbonyl (C=O) groups excluding carboxylic acids is 1. The number of anilines is 2. The van der Waals surface area contributed by atoms with E-state index in [1.165, 1.54) is 16.4 Å². The second kappa shape index (κ2) is 9.55. The first kappa shape index (κ1) is 21.5. The Morgan fingerprint density at radius 1 is 1.03 bits per heavy atom. The highest BCUT2D eigenvalue weighted by Crippen LogP contribution is 2.19. The first-order valence-electron chi connectivity index (χ1n) is 9.69. The highest BCUT2D eigenvalue weighted by molar-refractivity contribution is 7.89. The van der Waals surface area contributed by atoms with Crippen LogP contribution in [0.3, 0.4) is 0 Å². The van der Waals surface area contributed by atoms with Gasteiger partial charge in [0.2, 0.25) is 15.9 Å². The minimum Gasteiger partial charge on any atom is -0.360 e. The molecule has 8 nitrogen and oxygen atoms in total. The molecule has 2 aromatic carbocycles. The number of nitrogens with zero attached hydrogens (tertiary/aromatic N) is 3. The molecule has 0 aliphatic carbocycles. The lowest BCUT2D eigenvalue weighted by Crippen LogP contribution is -2.30. The van der Waals surface area contributed by atoms with Crippen LogP contribution < -0.4 is 10.6 Å². The zero-order chi connectivity index (χ0) is 21.6. The normalized spacial score (nSPS) is 11.4. The van der Waals surface area contributed by atoms with Gasteiger partial charge in [0.05, 0.1) is 17.1 Å². The van der Waals surface area contributed by atoms with Crippen LogP contribution in [0, 0.1) is 0 Å². The van der Waals surface area contributed by atoms with Gasteiger partial charge in [-0.2, -0.15) is 9.40 Å². The summed E-state index contributed by atoms with van der Waals surface area (Å²) in [7, 11) is -3.58. The van der Waals surface area contributed by atoms with Crippen molar-refractivity contribution >= 4 is 27.4 Å². The van der Waals surface area contributed by atoms with Crippen molar-refractivity contribution in [3.63, 3.8) is 0 Å². The van der Waals surface area contributed by atoms with E-state index in [-0.39, 0.29) is 17.3 Å². The lowest BCUT2D eigenvalue weighted by atomic mass is 10.3. The monoisotopic (exact) mass is 427 g/mol. The molecule has 0 bridgehead atoms. The minimum absolute atomic E-state index is 0.00117. The molecule has 0 fully saturated rings. The number of carbonyl (C=O) groups is 1. The van der Waals surface area contributed by atoms with Gasteiger partial charge in [-0.15, -0.1) is 0 Å². The topological polar surface area (TPSA) is 96.3 Å². The summed E-state index contributed by atoms with van der Waals surface area (Å²) in [5.74, 6) is 0.258. The predicted molar refractivity (Wildman–Crippen MR) is 117 cm³/mol. The van der Waals surface area contributed by atoms with Gasteiger partial charge in [-0.1, -0.05) is 38.1 Å². The number of para-hydroxylation sites is 1. The van der Waals surface area contributed by atoms with Crippen LogP contribution in [-0.2, 0) is 14.8 Å². The SMILES string of the molecule is CCN(CC)S(=O)(=O)c1cccc(NC(=O)CNc2ccn(-c3ccccc3)n2)c1. The molecule has 9 heteroatoms. The summed E-state index contributed by atoms with van der Waals surface area (Å²) >= 11 is 0. The van der Waals surface area contributed by atoms with Crippen molar-refractivity contribution in [2.75, 3.05) is 30.3 Å². The largest absolute Gasteiger partial charge is 0.360 e. The van der Waals surface area contributed by atoms with Gasteiger partial charge in [0.15, 0.2) is 0 Å². The minimum atomic E-state index is -3.58. The molecule has 0 saturated carbocycles. The Bertz CT molecular complexity index is 1090. The Kier molecular flexibility index (Phi) is 6.86. The number of benzene rings is 2. The lowest BCUT2D eigenvalue weighted by molar-refractivity contribution is -0.114. The number of nitrogens with one attached hydrogen (secondary N) is 2. The molecule has 1 aromatic heterocycles. The Hall–Kier alpha value is -3.17. The van der Waals surface area contributed by atoms with E-state index in [9.17, 15) is 13.2 Å². The van der Waals surface area contributed by atoms with Gasteiger partial charge in [-0.3, -0.25) is 4.79 Å². The van der Waals surface area contributed by atoms with Crippen LogP contribution >= 0.6 is 0 Å². The maximum Gasteiger partial charge on any atom is 0.243 e. The second-order valence-electron chi connectivity index (χ2n) is 6.50. The molecule has 0 spiro atoms. The molecule has 30 heavy (non-hydrogen) atoms. The molecular weight excluding hydrogens is 402 g/mol. The van der Waals surface area contributed by atoms with E-state index < -0.39 is 10.0 Å². The summed E-state index contributed by atoms with van der Waals surface area (Å²) < 4.78 is 28.4. The van der Waals surface area contributed by atoms with Crippen molar-refractivity contribution in [3.05, 3.63) is 66.9 Å². The Morgan fingerprint density at radius 2 is 1.77 bits per heavy atom. The number of hydrogen-bond acceptors (Lipinski definition) is 5. The maximum atomic E-state index is 12.7. The zero-order valence-corrected chi connectivity index (χ0v) is 17.8. The Balaban J connectivity index is 1.61. The van der Waals surface area contributed by atoms with E-state index in [4.69, 9.17) is 0 Å². The van der Waals surface area contributed by atoms with E-state index in [2.05, 4.69) is 15.7 Å². The predicted octanol–water partition coefficient (Wildman–Crippen LogP) is 2.95. The molecule has 3 aromatic rings. The molecular formula is C21H25N5O3S. The van der Waals surface area contributed by atoms with Crippen LogP contribution in [0.2, 0.25) is 0 Å². The van der Waals surface area contributed by atoms with Gasteiger partial charge in [0.25, 0.3) is 0 Å². The van der Waals surface area contributed by atoms with Crippen molar-refractivity contribution in [1.82, 2.24) is 14.1 Å². The third-order valence-corrected chi connectivity index (χ3v) is 6.55. The highest BCUT2D eigenvalue weighted by Gasteiger charge is 2.21. The number of aromatic nitrogens is 2. The molecule has 0 unspecified atom stereocenters. The van der Waals surface area contributed by atoms with Gasteiger partial charge in [0, 0.05) is 31.0 Å². The maximum absolute atomic E-state index is 12.7. The van der Waals surface area contributed by atoms with Crippen LogP contribution in [0.15, 0.2) is 71.8 Å². The number of hydrogen-bond donors (Lipinski definition) is 2. The molecule has 1 amide bonds. The van der Waals surface area contributed by atoms with Crippen LogP contribution in [0.4, 0.5) is 11.5 Å². The first-order valence-corrected chi connectivity index (χ1v) is 11.1. The molecule has 0 radical (unpaired) electrons. The van der Waals surface area contributed by atoms with Gasteiger partial charge in [-0.05, 0) is 30.3 Å².